The van der Waals surface area contributed by atoms with Crippen LogP contribution < -0.4 is 5.32 Å². The first kappa shape index (κ1) is 13.3. The molecule has 0 radical (unpaired) electrons. The van der Waals surface area contributed by atoms with Gasteiger partial charge in [-0.15, -0.1) is 0 Å². The van der Waals surface area contributed by atoms with Gasteiger partial charge in [-0.25, -0.2) is 0 Å². The number of benzene rings is 1. The van der Waals surface area contributed by atoms with Crippen LogP contribution in [0.25, 0.3) is 0 Å². The van der Waals surface area contributed by atoms with E-state index in [1.807, 2.05) is 25.1 Å². The van der Waals surface area contributed by atoms with E-state index in [1.54, 1.807) is 17.1 Å². The van der Waals surface area contributed by atoms with Gasteiger partial charge >= 0.3 is 0 Å². The van der Waals surface area contributed by atoms with E-state index >= 15 is 0 Å². The number of carbonyl (C=O) groups is 1. The molecule has 0 aliphatic carbocycles. The maximum atomic E-state index is 12.1. The minimum Gasteiger partial charge on any atom is -0.322 e. The summed E-state index contributed by atoms with van der Waals surface area (Å²) < 4.78 is 1.74. The van der Waals surface area contributed by atoms with Gasteiger partial charge in [-0.2, -0.15) is 5.10 Å². The molecular weight excluding hydrogens is 238 g/mol. The lowest BCUT2D eigenvalue weighted by molar-refractivity contribution is 0.102. The van der Waals surface area contributed by atoms with Crippen LogP contribution in [0.4, 0.5) is 5.69 Å². The van der Waals surface area contributed by atoms with Crippen LogP contribution in [-0.2, 0) is 6.54 Å². The Kier molecular flexibility index (Phi) is 4.00. The lowest BCUT2D eigenvalue weighted by atomic mass is 10.0. The summed E-state index contributed by atoms with van der Waals surface area (Å²) in [6.45, 7) is 7.01. The molecule has 100 valence electrons. The monoisotopic (exact) mass is 257 g/mol. The minimum atomic E-state index is -0.124. The van der Waals surface area contributed by atoms with Crippen molar-refractivity contribution in [1.29, 1.82) is 0 Å². The van der Waals surface area contributed by atoms with E-state index in [0.29, 0.717) is 11.5 Å². The summed E-state index contributed by atoms with van der Waals surface area (Å²) in [4.78, 5) is 12.1. The summed E-state index contributed by atoms with van der Waals surface area (Å²) in [7, 11) is 0. The van der Waals surface area contributed by atoms with Gasteiger partial charge in [-0.3, -0.25) is 9.48 Å². The molecule has 0 saturated carbocycles. The molecule has 2 aromatic rings. The first-order valence-electron chi connectivity index (χ1n) is 6.54. The molecule has 19 heavy (non-hydrogen) atoms. The Morgan fingerprint density at radius 3 is 2.84 bits per heavy atom. The van der Waals surface area contributed by atoms with Gasteiger partial charge in [0.05, 0.1) is 11.8 Å². The second-order valence-corrected chi connectivity index (χ2v) is 4.82. The molecule has 2 rings (SSSR count). The molecule has 0 aliphatic heterocycles. The van der Waals surface area contributed by atoms with Crippen molar-refractivity contribution >= 4 is 11.6 Å². The van der Waals surface area contributed by atoms with Crippen molar-refractivity contribution in [1.82, 2.24) is 9.78 Å². The number of hydrogen-bond donors (Lipinski definition) is 1. The van der Waals surface area contributed by atoms with Crippen molar-refractivity contribution in [2.75, 3.05) is 5.32 Å². The van der Waals surface area contributed by atoms with Crippen LogP contribution in [0.15, 0.2) is 36.7 Å². The minimum absolute atomic E-state index is 0.124. The molecule has 0 fully saturated rings. The average Bonchev–Trinajstić information content (AvgIpc) is 2.88. The van der Waals surface area contributed by atoms with Gasteiger partial charge in [0.15, 0.2) is 0 Å². The molecule has 1 aromatic heterocycles. The molecule has 1 N–H and O–H groups in total. The van der Waals surface area contributed by atoms with Gasteiger partial charge in [0.25, 0.3) is 5.91 Å². The number of carbonyl (C=O) groups excluding carboxylic acids is 1. The topological polar surface area (TPSA) is 46.9 Å². The summed E-state index contributed by atoms with van der Waals surface area (Å²) in [6.07, 6.45) is 3.34. The number of amides is 1. The smallest absolute Gasteiger partial charge is 0.258 e. The molecule has 0 bridgehead atoms. The van der Waals surface area contributed by atoms with Crippen molar-refractivity contribution in [3.63, 3.8) is 0 Å². The van der Waals surface area contributed by atoms with Crippen LogP contribution in [0.1, 0.15) is 42.6 Å². The van der Waals surface area contributed by atoms with Gasteiger partial charge in [-0.05, 0) is 30.5 Å². The fourth-order valence-corrected chi connectivity index (χ4v) is 1.83. The Labute approximate surface area is 113 Å². The van der Waals surface area contributed by atoms with E-state index < -0.39 is 0 Å². The van der Waals surface area contributed by atoms with Crippen molar-refractivity contribution < 1.29 is 4.79 Å². The van der Waals surface area contributed by atoms with Crippen LogP contribution >= 0.6 is 0 Å². The third-order valence-corrected chi connectivity index (χ3v) is 3.03. The second kappa shape index (κ2) is 5.69. The first-order valence-corrected chi connectivity index (χ1v) is 6.54. The third kappa shape index (κ3) is 3.22. The summed E-state index contributed by atoms with van der Waals surface area (Å²) >= 11 is 0. The number of anilines is 1. The molecule has 0 unspecified atom stereocenters. The van der Waals surface area contributed by atoms with Gasteiger partial charge in [0, 0.05) is 18.4 Å². The van der Waals surface area contributed by atoms with E-state index in [1.165, 1.54) is 5.56 Å². The highest BCUT2D eigenvalue weighted by atomic mass is 16.1. The first-order chi connectivity index (χ1) is 9.10. The highest BCUT2D eigenvalue weighted by Gasteiger charge is 2.09. The van der Waals surface area contributed by atoms with Crippen LogP contribution in [0.2, 0.25) is 0 Å². The molecule has 4 heteroatoms. The van der Waals surface area contributed by atoms with Gasteiger partial charge in [-0.1, -0.05) is 26.0 Å². The van der Waals surface area contributed by atoms with Crippen LogP contribution in [-0.4, -0.2) is 15.7 Å². The summed E-state index contributed by atoms with van der Waals surface area (Å²) in [5.41, 5.74) is 2.61. The Morgan fingerprint density at radius 2 is 2.21 bits per heavy atom. The molecular formula is C15H19N3O. The van der Waals surface area contributed by atoms with Gasteiger partial charge < -0.3 is 5.32 Å². The van der Waals surface area contributed by atoms with E-state index in [4.69, 9.17) is 0 Å². The second-order valence-electron chi connectivity index (χ2n) is 4.82. The van der Waals surface area contributed by atoms with E-state index in [0.717, 1.165) is 12.2 Å². The maximum absolute atomic E-state index is 12.1. The Morgan fingerprint density at radius 1 is 1.42 bits per heavy atom. The molecule has 1 heterocycles. The predicted molar refractivity (Wildman–Crippen MR) is 76.4 cm³/mol. The SMILES string of the molecule is CCn1cc(C(=O)Nc2cccc(C(C)C)c2)cn1. The number of rotatable bonds is 4. The van der Waals surface area contributed by atoms with Crippen LogP contribution in [0.3, 0.4) is 0 Å². The molecule has 0 spiro atoms. The van der Waals surface area contributed by atoms with Gasteiger partial charge in [0.2, 0.25) is 0 Å². The number of hydrogen-bond acceptors (Lipinski definition) is 2. The Bertz CT molecular complexity index is 572. The lowest BCUT2D eigenvalue weighted by Gasteiger charge is -2.08. The quantitative estimate of drug-likeness (QED) is 0.913. The fourth-order valence-electron chi connectivity index (χ4n) is 1.83. The van der Waals surface area contributed by atoms with Crippen molar-refractivity contribution in [3.8, 4) is 0 Å². The zero-order chi connectivity index (χ0) is 13.8. The highest BCUT2D eigenvalue weighted by molar-refractivity contribution is 6.03. The predicted octanol–water partition coefficient (Wildman–Crippen LogP) is 3.28. The molecule has 1 aromatic carbocycles. The molecule has 4 nitrogen and oxygen atoms in total. The standard InChI is InChI=1S/C15H19N3O/c1-4-18-10-13(9-16-18)15(19)17-14-7-5-6-12(8-14)11(2)3/h5-11H,4H2,1-3H3,(H,17,19). The van der Waals surface area contributed by atoms with E-state index in [9.17, 15) is 4.79 Å². The fraction of sp³-hybridized carbons (Fsp3) is 0.333. The molecule has 0 aliphatic rings. The Balaban J connectivity index is 2.12. The van der Waals surface area contributed by atoms with E-state index in [-0.39, 0.29) is 5.91 Å². The number of aromatic nitrogens is 2. The normalized spacial score (nSPS) is 10.7. The molecule has 0 atom stereocenters. The molecule has 1 amide bonds. The number of aryl methyl sites for hydroxylation is 1. The summed E-state index contributed by atoms with van der Waals surface area (Å²) in [5.74, 6) is 0.320. The Hall–Kier alpha value is -2.10. The number of nitrogens with one attached hydrogen (secondary N) is 1. The zero-order valence-electron chi connectivity index (χ0n) is 11.6. The van der Waals surface area contributed by atoms with E-state index in [2.05, 4.69) is 30.3 Å². The zero-order valence-corrected chi connectivity index (χ0v) is 11.6. The van der Waals surface area contributed by atoms with Crippen LogP contribution in [0, 0.1) is 0 Å². The van der Waals surface area contributed by atoms with Crippen LogP contribution in [0.5, 0.6) is 0 Å². The highest BCUT2D eigenvalue weighted by Crippen LogP contribution is 2.19. The van der Waals surface area contributed by atoms with Crippen molar-refractivity contribution in [3.05, 3.63) is 47.8 Å². The van der Waals surface area contributed by atoms with Crippen molar-refractivity contribution in [2.24, 2.45) is 0 Å². The van der Waals surface area contributed by atoms with Crippen molar-refractivity contribution in [2.45, 2.75) is 33.2 Å². The summed E-state index contributed by atoms with van der Waals surface area (Å²) in [5, 5.41) is 7.00. The van der Waals surface area contributed by atoms with Gasteiger partial charge in [0.1, 0.15) is 0 Å². The average molecular weight is 257 g/mol. The maximum Gasteiger partial charge on any atom is 0.258 e. The number of nitrogens with zero attached hydrogens (tertiary/aromatic N) is 2. The largest absolute Gasteiger partial charge is 0.322 e. The lowest BCUT2D eigenvalue weighted by Crippen LogP contribution is -2.11. The summed E-state index contributed by atoms with van der Waals surface area (Å²) in [6, 6.07) is 7.93. The third-order valence-electron chi connectivity index (χ3n) is 3.03. The molecule has 0 saturated heterocycles.